The normalized spacial score (nSPS) is 23.8. The van der Waals surface area contributed by atoms with Gasteiger partial charge in [-0.1, -0.05) is 18.2 Å². The Morgan fingerprint density at radius 3 is 2.80 bits per heavy atom. The predicted molar refractivity (Wildman–Crippen MR) is 75.8 cm³/mol. The first-order chi connectivity index (χ1) is 9.76. The van der Waals surface area contributed by atoms with E-state index in [1.165, 1.54) is 6.42 Å². The van der Waals surface area contributed by atoms with Gasteiger partial charge in [0.25, 0.3) is 5.91 Å². The average molecular weight is 268 g/mol. The lowest BCUT2D eigenvalue weighted by atomic mass is 10.1. The molecule has 0 spiro atoms. The number of likely N-dealkylation sites (tertiary alicyclic amines) is 1. The molecule has 1 saturated carbocycles. The van der Waals surface area contributed by atoms with Crippen LogP contribution in [0.2, 0.25) is 0 Å². The van der Waals surface area contributed by atoms with E-state index in [0.29, 0.717) is 11.4 Å². The standard InChI is InChI=1S/C16H16N2O2/c1-20-15-7-13(12-4-2-3-5-14(12)17-15)16(19)18-8-10-6-11(10)9-18/h2-5,7,10-11H,6,8-9H2,1H3. The number of nitrogens with zero attached hydrogens (tertiary/aromatic N) is 2. The average Bonchev–Trinajstić information content (AvgIpc) is 3.11. The summed E-state index contributed by atoms with van der Waals surface area (Å²) in [4.78, 5) is 19.1. The molecule has 4 rings (SSSR count). The van der Waals surface area contributed by atoms with Crippen LogP contribution in [0.15, 0.2) is 30.3 Å². The van der Waals surface area contributed by atoms with Crippen LogP contribution in [-0.2, 0) is 0 Å². The van der Waals surface area contributed by atoms with E-state index >= 15 is 0 Å². The molecule has 102 valence electrons. The third-order valence-electron chi connectivity index (χ3n) is 4.40. The van der Waals surface area contributed by atoms with Crippen LogP contribution in [0.4, 0.5) is 0 Å². The molecule has 2 aromatic rings. The van der Waals surface area contributed by atoms with Gasteiger partial charge in [-0.3, -0.25) is 4.79 Å². The summed E-state index contributed by atoms with van der Waals surface area (Å²) >= 11 is 0. The van der Waals surface area contributed by atoms with Gasteiger partial charge >= 0.3 is 0 Å². The molecule has 0 bridgehead atoms. The van der Waals surface area contributed by atoms with Crippen LogP contribution < -0.4 is 4.74 Å². The van der Waals surface area contributed by atoms with Crippen LogP contribution in [0, 0.1) is 11.8 Å². The van der Waals surface area contributed by atoms with Crippen molar-refractivity contribution >= 4 is 16.8 Å². The monoisotopic (exact) mass is 268 g/mol. The molecule has 0 radical (unpaired) electrons. The van der Waals surface area contributed by atoms with Gasteiger partial charge in [0.05, 0.1) is 18.2 Å². The number of carbonyl (C=O) groups is 1. The molecule has 1 aliphatic carbocycles. The number of fused-ring (bicyclic) bond motifs is 2. The fraction of sp³-hybridized carbons (Fsp3) is 0.375. The lowest BCUT2D eigenvalue weighted by Gasteiger charge is -2.19. The summed E-state index contributed by atoms with van der Waals surface area (Å²) < 4.78 is 5.22. The number of hydrogen-bond acceptors (Lipinski definition) is 3. The van der Waals surface area contributed by atoms with Gasteiger partial charge in [-0.05, 0) is 24.3 Å². The number of para-hydroxylation sites is 1. The first-order valence-electron chi connectivity index (χ1n) is 6.99. The summed E-state index contributed by atoms with van der Waals surface area (Å²) in [5.74, 6) is 2.09. The Morgan fingerprint density at radius 1 is 1.30 bits per heavy atom. The highest BCUT2D eigenvalue weighted by atomic mass is 16.5. The van der Waals surface area contributed by atoms with Crippen LogP contribution >= 0.6 is 0 Å². The molecule has 2 unspecified atom stereocenters. The van der Waals surface area contributed by atoms with E-state index in [2.05, 4.69) is 4.98 Å². The lowest BCUT2D eigenvalue weighted by Crippen LogP contribution is -2.30. The molecule has 1 aromatic heterocycles. The molecule has 2 fully saturated rings. The predicted octanol–water partition coefficient (Wildman–Crippen LogP) is 2.34. The summed E-state index contributed by atoms with van der Waals surface area (Å²) in [6.45, 7) is 1.81. The highest BCUT2D eigenvalue weighted by Crippen LogP contribution is 2.45. The van der Waals surface area contributed by atoms with Crippen molar-refractivity contribution in [2.24, 2.45) is 11.8 Å². The smallest absolute Gasteiger partial charge is 0.254 e. The molecular formula is C16H16N2O2. The SMILES string of the molecule is COc1cc(C(=O)N2CC3CC3C2)c2ccccc2n1. The quantitative estimate of drug-likeness (QED) is 0.839. The van der Waals surface area contributed by atoms with Crippen molar-refractivity contribution in [1.29, 1.82) is 0 Å². The molecule has 4 heteroatoms. The Morgan fingerprint density at radius 2 is 2.05 bits per heavy atom. The maximum Gasteiger partial charge on any atom is 0.254 e. The summed E-state index contributed by atoms with van der Waals surface area (Å²) in [5, 5.41) is 0.902. The van der Waals surface area contributed by atoms with Gasteiger partial charge in [0, 0.05) is 24.5 Å². The number of carbonyl (C=O) groups excluding carboxylic acids is 1. The van der Waals surface area contributed by atoms with Crippen molar-refractivity contribution in [3.8, 4) is 5.88 Å². The van der Waals surface area contributed by atoms with E-state index in [4.69, 9.17) is 4.74 Å². The minimum Gasteiger partial charge on any atom is -0.481 e. The molecule has 1 saturated heterocycles. The number of piperidine rings is 1. The number of benzene rings is 1. The van der Waals surface area contributed by atoms with Crippen LogP contribution in [0.25, 0.3) is 10.9 Å². The Labute approximate surface area is 117 Å². The first-order valence-corrected chi connectivity index (χ1v) is 6.99. The van der Waals surface area contributed by atoms with Gasteiger partial charge in [-0.25, -0.2) is 4.98 Å². The van der Waals surface area contributed by atoms with E-state index in [1.807, 2.05) is 29.2 Å². The Bertz CT molecular complexity index is 688. The molecule has 20 heavy (non-hydrogen) atoms. The molecule has 2 heterocycles. The molecule has 2 aliphatic rings. The number of ether oxygens (including phenoxy) is 1. The lowest BCUT2D eigenvalue weighted by molar-refractivity contribution is 0.0777. The second kappa shape index (κ2) is 4.20. The first kappa shape index (κ1) is 11.7. The van der Waals surface area contributed by atoms with Crippen LogP contribution in [0.5, 0.6) is 5.88 Å². The van der Waals surface area contributed by atoms with E-state index in [1.54, 1.807) is 13.2 Å². The van der Waals surface area contributed by atoms with Crippen molar-refractivity contribution in [2.45, 2.75) is 6.42 Å². The van der Waals surface area contributed by atoms with Crippen LogP contribution in [0.3, 0.4) is 0 Å². The topological polar surface area (TPSA) is 42.4 Å². The maximum absolute atomic E-state index is 12.7. The molecular weight excluding hydrogens is 252 g/mol. The van der Waals surface area contributed by atoms with Crippen molar-refractivity contribution in [2.75, 3.05) is 20.2 Å². The number of rotatable bonds is 2. The number of pyridine rings is 1. The van der Waals surface area contributed by atoms with E-state index in [9.17, 15) is 4.79 Å². The van der Waals surface area contributed by atoms with Crippen molar-refractivity contribution in [3.05, 3.63) is 35.9 Å². The second-order valence-electron chi connectivity index (χ2n) is 5.70. The Kier molecular flexibility index (Phi) is 2.46. The van der Waals surface area contributed by atoms with Crippen molar-refractivity contribution in [3.63, 3.8) is 0 Å². The number of hydrogen-bond donors (Lipinski definition) is 0. The molecule has 2 atom stereocenters. The van der Waals surface area contributed by atoms with E-state index in [0.717, 1.165) is 35.8 Å². The molecule has 4 nitrogen and oxygen atoms in total. The molecule has 0 N–H and O–H groups in total. The fourth-order valence-electron chi connectivity index (χ4n) is 3.17. The summed E-state index contributed by atoms with van der Waals surface area (Å²) in [7, 11) is 1.58. The maximum atomic E-state index is 12.7. The fourth-order valence-corrected chi connectivity index (χ4v) is 3.17. The van der Waals surface area contributed by atoms with Gasteiger partial charge < -0.3 is 9.64 Å². The van der Waals surface area contributed by atoms with Gasteiger partial charge in [0.15, 0.2) is 0 Å². The second-order valence-corrected chi connectivity index (χ2v) is 5.70. The van der Waals surface area contributed by atoms with Gasteiger partial charge in [0.2, 0.25) is 5.88 Å². The Balaban J connectivity index is 1.79. The van der Waals surface area contributed by atoms with E-state index in [-0.39, 0.29) is 5.91 Å². The summed E-state index contributed by atoms with van der Waals surface area (Å²) in [5.41, 5.74) is 1.51. The Hall–Kier alpha value is -2.10. The van der Waals surface area contributed by atoms with Crippen molar-refractivity contribution < 1.29 is 9.53 Å². The summed E-state index contributed by atoms with van der Waals surface area (Å²) in [6.07, 6.45) is 1.30. The zero-order valence-electron chi connectivity index (χ0n) is 11.4. The third kappa shape index (κ3) is 1.75. The minimum absolute atomic E-state index is 0.106. The number of aromatic nitrogens is 1. The summed E-state index contributed by atoms with van der Waals surface area (Å²) in [6, 6.07) is 9.49. The van der Waals surface area contributed by atoms with E-state index < -0.39 is 0 Å². The van der Waals surface area contributed by atoms with Gasteiger partial charge in [0.1, 0.15) is 0 Å². The van der Waals surface area contributed by atoms with Crippen LogP contribution in [0.1, 0.15) is 16.8 Å². The molecule has 1 amide bonds. The number of methoxy groups -OCH3 is 1. The largest absolute Gasteiger partial charge is 0.481 e. The minimum atomic E-state index is 0.106. The molecule has 1 aromatic carbocycles. The number of amides is 1. The highest BCUT2D eigenvalue weighted by molar-refractivity contribution is 6.06. The highest BCUT2D eigenvalue weighted by Gasteiger charge is 2.46. The van der Waals surface area contributed by atoms with Crippen LogP contribution in [-0.4, -0.2) is 36.0 Å². The zero-order chi connectivity index (χ0) is 13.7. The van der Waals surface area contributed by atoms with Crippen molar-refractivity contribution in [1.82, 2.24) is 9.88 Å². The van der Waals surface area contributed by atoms with Gasteiger partial charge in [-0.15, -0.1) is 0 Å². The zero-order valence-corrected chi connectivity index (χ0v) is 11.4. The third-order valence-corrected chi connectivity index (χ3v) is 4.40. The molecule has 1 aliphatic heterocycles. The van der Waals surface area contributed by atoms with Gasteiger partial charge in [-0.2, -0.15) is 0 Å².